The average molecular weight is 1020 g/mol. The molecule has 8 rings (SSSR count). The van der Waals surface area contributed by atoms with Crippen LogP contribution in [0.1, 0.15) is 7.43 Å². The van der Waals surface area contributed by atoms with Gasteiger partial charge in [-0.15, -0.1) is 22.7 Å². The van der Waals surface area contributed by atoms with Gasteiger partial charge in [0.1, 0.15) is 11.5 Å². The van der Waals surface area contributed by atoms with Crippen molar-refractivity contribution >= 4 is 99.4 Å². The van der Waals surface area contributed by atoms with Crippen LogP contribution in [-0.2, 0) is 29.6 Å². The highest BCUT2D eigenvalue weighted by molar-refractivity contribution is 7.93. The Labute approximate surface area is 405 Å². The van der Waals surface area contributed by atoms with Gasteiger partial charge in [0, 0.05) is 44.6 Å². The highest BCUT2D eigenvalue weighted by Gasteiger charge is 2.17. The summed E-state index contributed by atoms with van der Waals surface area (Å²) in [6, 6.07) is 41.1. The Morgan fingerprint density at radius 1 is 0.507 bits per heavy atom. The molecular weight excluding hydrogens is 976 g/mol. The number of hydrogen-bond acceptors (Lipinski definition) is 12. The third-order valence-electron chi connectivity index (χ3n) is 8.99. The molecule has 20 heteroatoms. The summed E-state index contributed by atoms with van der Waals surface area (Å²) in [4.78, 5) is 32.4. The number of hydrogen-bond donors (Lipinski definition) is 4. The summed E-state index contributed by atoms with van der Waals surface area (Å²) in [5, 5.41) is 10.7. The maximum atomic E-state index is 12.5. The molecule has 14 nitrogen and oxygen atoms in total. The number of thiazole rings is 2. The molecule has 0 fully saturated rings. The fraction of sp³-hybridized carbons (Fsp3) is 0.0638. The summed E-state index contributed by atoms with van der Waals surface area (Å²) in [5.74, 6) is 0.475. The van der Waals surface area contributed by atoms with Crippen LogP contribution >= 0.6 is 45.9 Å². The quantitative estimate of drug-likeness (QED) is 0.0723. The van der Waals surface area contributed by atoms with E-state index in [2.05, 4.69) is 30.0 Å². The predicted octanol–water partition coefficient (Wildman–Crippen LogP) is 11.2. The van der Waals surface area contributed by atoms with E-state index in [-0.39, 0.29) is 42.2 Å². The van der Waals surface area contributed by atoms with E-state index in [1.807, 2.05) is 24.3 Å². The van der Waals surface area contributed by atoms with E-state index in [0.29, 0.717) is 43.2 Å². The Morgan fingerprint density at radius 3 is 1.30 bits per heavy atom. The van der Waals surface area contributed by atoms with Gasteiger partial charge in [0.05, 0.1) is 9.79 Å². The minimum absolute atomic E-state index is 0. The predicted molar refractivity (Wildman–Crippen MR) is 267 cm³/mol. The zero-order chi connectivity index (χ0) is 46.5. The first-order chi connectivity index (χ1) is 31.8. The number of aromatic nitrogens is 2. The van der Waals surface area contributed by atoms with Gasteiger partial charge in [-0.1, -0.05) is 85.2 Å². The minimum Gasteiger partial charge on any atom is -0.484 e. The van der Waals surface area contributed by atoms with Crippen molar-refractivity contribution in [2.24, 2.45) is 0 Å². The van der Waals surface area contributed by atoms with Gasteiger partial charge in [0.15, 0.2) is 23.5 Å². The van der Waals surface area contributed by atoms with Crippen molar-refractivity contribution in [2.45, 2.75) is 17.2 Å². The topological polar surface area (TPSA) is 195 Å². The van der Waals surface area contributed by atoms with Crippen LogP contribution in [0.15, 0.2) is 179 Å². The van der Waals surface area contributed by atoms with E-state index in [9.17, 15) is 26.4 Å². The van der Waals surface area contributed by atoms with Crippen molar-refractivity contribution in [3.8, 4) is 33.8 Å². The molecule has 0 saturated carbocycles. The summed E-state index contributed by atoms with van der Waals surface area (Å²) in [7, 11) is -7.40. The number of ether oxygens (including phenoxy) is 2. The zero-order valence-corrected chi connectivity index (χ0v) is 38.9. The zero-order valence-electron chi connectivity index (χ0n) is 34.1. The fourth-order valence-electron chi connectivity index (χ4n) is 5.82. The fourth-order valence-corrected chi connectivity index (χ4v) is 9.70. The number of nitrogens with one attached hydrogen (secondary N) is 4. The smallest absolute Gasteiger partial charge is 0.263 e. The second-order valence-electron chi connectivity index (χ2n) is 13.7. The van der Waals surface area contributed by atoms with Crippen LogP contribution in [0.25, 0.3) is 22.3 Å². The second-order valence-corrected chi connectivity index (χ2v) is 19.7. The van der Waals surface area contributed by atoms with E-state index in [1.54, 1.807) is 108 Å². The molecule has 0 radical (unpaired) electrons. The molecule has 0 aliphatic heterocycles. The minimum atomic E-state index is -3.70. The van der Waals surface area contributed by atoms with Crippen LogP contribution in [-0.4, -0.2) is 51.8 Å². The van der Waals surface area contributed by atoms with Gasteiger partial charge in [-0.2, -0.15) is 0 Å². The molecular formula is C47H40Cl2N6O8S4. The number of benzene rings is 6. The molecule has 2 aromatic heterocycles. The Morgan fingerprint density at radius 2 is 0.910 bits per heavy atom. The van der Waals surface area contributed by atoms with E-state index in [4.69, 9.17) is 32.7 Å². The lowest BCUT2D eigenvalue weighted by Crippen LogP contribution is -2.20. The summed E-state index contributed by atoms with van der Waals surface area (Å²) in [6.07, 6.45) is 3.06. The molecule has 0 saturated heterocycles. The molecule has 8 aromatic rings. The van der Waals surface area contributed by atoms with Crippen LogP contribution < -0.4 is 29.6 Å². The second kappa shape index (κ2) is 23.1. The number of nitrogens with zero attached hydrogens (tertiary/aromatic N) is 2. The van der Waals surface area contributed by atoms with Crippen LogP contribution in [0.5, 0.6) is 11.5 Å². The maximum Gasteiger partial charge on any atom is 0.263 e. The maximum absolute atomic E-state index is 12.5. The lowest BCUT2D eigenvalue weighted by molar-refractivity contribution is -0.118. The summed E-state index contributed by atoms with van der Waals surface area (Å²) >= 11 is 14.1. The van der Waals surface area contributed by atoms with Crippen molar-refractivity contribution < 1.29 is 35.9 Å². The standard InChI is InChI=1S/2C23H18ClN3O4S2.CH4/c24-18-5-9-20(10-6-18)31-15-22(28)26-19-7-1-16(2-8-19)17-3-11-21(12-4-17)33(29,30)27-23-25-13-14-32-23;24-18-2-1-3-20(14-18)31-15-22(28)26-19-8-4-16(5-9-19)17-6-10-21(11-7-17)33(29,30)27-23-25-12-13-32-23;/h2*1-14H,15H2,(H,25,27)(H,26,28);1H4. The van der Waals surface area contributed by atoms with Crippen LogP contribution in [0.4, 0.5) is 21.6 Å². The molecule has 67 heavy (non-hydrogen) atoms. The van der Waals surface area contributed by atoms with Gasteiger partial charge < -0.3 is 20.1 Å². The molecule has 0 aliphatic rings. The van der Waals surface area contributed by atoms with Crippen molar-refractivity contribution in [2.75, 3.05) is 33.3 Å². The van der Waals surface area contributed by atoms with Gasteiger partial charge in [-0.05, 0) is 113 Å². The van der Waals surface area contributed by atoms with E-state index in [1.165, 1.54) is 59.3 Å². The monoisotopic (exact) mass is 1010 g/mol. The van der Waals surface area contributed by atoms with Gasteiger partial charge >= 0.3 is 0 Å². The number of rotatable bonds is 16. The van der Waals surface area contributed by atoms with E-state index in [0.717, 1.165) is 22.3 Å². The molecule has 4 N–H and O–H groups in total. The highest BCUT2D eigenvalue weighted by atomic mass is 35.5. The molecule has 0 unspecified atom stereocenters. The largest absolute Gasteiger partial charge is 0.484 e. The Balaban J connectivity index is 0.000000218. The number of amides is 2. The molecule has 344 valence electrons. The molecule has 0 bridgehead atoms. The van der Waals surface area contributed by atoms with Crippen molar-refractivity contribution in [1.29, 1.82) is 0 Å². The van der Waals surface area contributed by atoms with Crippen LogP contribution in [0, 0.1) is 0 Å². The lowest BCUT2D eigenvalue weighted by atomic mass is 10.1. The first kappa shape index (κ1) is 49.6. The van der Waals surface area contributed by atoms with E-state index < -0.39 is 20.0 Å². The molecule has 2 amide bonds. The third-order valence-corrected chi connectivity index (χ3v) is 13.8. The van der Waals surface area contributed by atoms with Crippen LogP contribution in [0.3, 0.4) is 0 Å². The van der Waals surface area contributed by atoms with Gasteiger partial charge in [-0.3, -0.25) is 19.0 Å². The molecule has 2 heterocycles. The Hall–Kier alpha value is -6.80. The SMILES string of the molecule is C.O=C(COc1ccc(Cl)cc1)Nc1ccc(-c2ccc(S(=O)(=O)Nc3nccs3)cc2)cc1.O=C(COc1cccc(Cl)c1)Nc1ccc(-c2ccc(S(=O)(=O)Nc3nccs3)cc2)cc1. The molecule has 0 spiro atoms. The lowest BCUT2D eigenvalue weighted by Gasteiger charge is -2.09. The van der Waals surface area contributed by atoms with E-state index >= 15 is 0 Å². The molecule has 6 aromatic carbocycles. The summed E-state index contributed by atoms with van der Waals surface area (Å²) in [6.45, 7) is -0.276. The van der Waals surface area contributed by atoms with Crippen LogP contribution in [0.2, 0.25) is 10.0 Å². The summed E-state index contributed by atoms with van der Waals surface area (Å²) < 4.78 is 65.6. The first-order valence-electron chi connectivity index (χ1n) is 19.4. The third kappa shape index (κ3) is 14.6. The number of anilines is 4. The number of carbonyl (C=O) groups is 2. The summed E-state index contributed by atoms with van der Waals surface area (Å²) in [5.41, 5.74) is 4.67. The molecule has 0 aliphatic carbocycles. The van der Waals surface area contributed by atoms with Gasteiger partial charge in [0.2, 0.25) is 0 Å². The van der Waals surface area contributed by atoms with Crippen molar-refractivity contribution in [3.63, 3.8) is 0 Å². The average Bonchev–Trinajstić information content (AvgIpc) is 4.04. The number of halogens is 2. The molecule has 0 atom stereocenters. The normalized spacial score (nSPS) is 10.9. The highest BCUT2D eigenvalue weighted by Crippen LogP contribution is 2.27. The van der Waals surface area contributed by atoms with Gasteiger partial charge in [-0.25, -0.2) is 26.8 Å². The van der Waals surface area contributed by atoms with Crippen molar-refractivity contribution in [3.05, 3.63) is 179 Å². The van der Waals surface area contributed by atoms with Gasteiger partial charge in [0.25, 0.3) is 31.9 Å². The Bertz CT molecular complexity index is 3090. The Kier molecular flexibility index (Phi) is 17.1. The number of sulfonamides is 2. The number of carbonyl (C=O) groups excluding carboxylic acids is 2. The van der Waals surface area contributed by atoms with Crippen molar-refractivity contribution in [1.82, 2.24) is 9.97 Å². The first-order valence-corrected chi connectivity index (χ1v) is 24.9.